The van der Waals surface area contributed by atoms with Crippen molar-refractivity contribution in [2.24, 2.45) is 0 Å². The number of hydrogen-bond acceptors (Lipinski definition) is 6. The first-order chi connectivity index (χ1) is 14.1. The zero-order valence-electron chi connectivity index (χ0n) is 15.3. The van der Waals surface area contributed by atoms with E-state index in [1.165, 1.54) is 17.0 Å². The van der Waals surface area contributed by atoms with E-state index < -0.39 is 22.4 Å². The minimum absolute atomic E-state index is 0.164. The van der Waals surface area contributed by atoms with E-state index in [1.807, 2.05) is 0 Å². The number of ether oxygens (including phenoxy) is 1. The summed E-state index contributed by atoms with van der Waals surface area (Å²) in [6.07, 6.45) is -3.11. The predicted molar refractivity (Wildman–Crippen MR) is 110 cm³/mol. The monoisotopic (exact) mass is 454 g/mol. The molecule has 6 nitrogen and oxygen atoms in total. The minimum Gasteiger partial charge on any atom is -0.450 e. The maximum Gasteiger partial charge on any atom is 0.416 e. The van der Waals surface area contributed by atoms with Crippen LogP contribution in [0.3, 0.4) is 0 Å². The lowest BCUT2D eigenvalue weighted by molar-refractivity contribution is -0.385. The SMILES string of the molecule is CCN1C(=O)/C(=C/c2cccc(Oc3ccc(C(F)(F)F)cc3[N+](=O)[O-])c2)SC1=S. The summed E-state index contributed by atoms with van der Waals surface area (Å²) in [6.45, 7) is 2.25. The van der Waals surface area contributed by atoms with Gasteiger partial charge in [-0.2, -0.15) is 13.2 Å². The Balaban J connectivity index is 1.89. The van der Waals surface area contributed by atoms with Gasteiger partial charge >= 0.3 is 11.9 Å². The van der Waals surface area contributed by atoms with Crippen molar-refractivity contribution in [3.05, 3.63) is 68.6 Å². The first-order valence-corrected chi connectivity index (χ1v) is 9.71. The van der Waals surface area contributed by atoms with E-state index >= 15 is 0 Å². The van der Waals surface area contributed by atoms with Crippen LogP contribution in [0.15, 0.2) is 47.4 Å². The maximum absolute atomic E-state index is 12.8. The van der Waals surface area contributed by atoms with Gasteiger partial charge in [-0.3, -0.25) is 19.8 Å². The number of rotatable bonds is 5. The fraction of sp³-hybridized carbons (Fsp3) is 0.158. The molecule has 0 aliphatic carbocycles. The highest BCUT2D eigenvalue weighted by molar-refractivity contribution is 8.26. The summed E-state index contributed by atoms with van der Waals surface area (Å²) in [5.41, 5.74) is -1.38. The molecule has 156 valence electrons. The third-order valence-electron chi connectivity index (χ3n) is 4.06. The molecule has 1 fully saturated rings. The van der Waals surface area contributed by atoms with Crippen LogP contribution in [0.2, 0.25) is 0 Å². The van der Waals surface area contributed by atoms with Gasteiger partial charge < -0.3 is 4.74 Å². The van der Waals surface area contributed by atoms with Crippen molar-refractivity contribution < 1.29 is 27.6 Å². The summed E-state index contributed by atoms with van der Waals surface area (Å²) >= 11 is 6.31. The lowest BCUT2D eigenvalue weighted by Crippen LogP contribution is -2.27. The van der Waals surface area contributed by atoms with Crippen molar-refractivity contribution >= 4 is 46.0 Å². The molecule has 2 aromatic carbocycles. The number of hydrogen-bond donors (Lipinski definition) is 0. The van der Waals surface area contributed by atoms with Crippen molar-refractivity contribution in [1.82, 2.24) is 4.90 Å². The summed E-state index contributed by atoms with van der Waals surface area (Å²) in [4.78, 5) is 24.4. The van der Waals surface area contributed by atoms with E-state index in [1.54, 1.807) is 25.1 Å². The molecule has 30 heavy (non-hydrogen) atoms. The zero-order chi connectivity index (χ0) is 22.1. The topological polar surface area (TPSA) is 72.7 Å². The highest BCUT2D eigenvalue weighted by Gasteiger charge is 2.33. The van der Waals surface area contributed by atoms with Crippen molar-refractivity contribution in [3.8, 4) is 11.5 Å². The van der Waals surface area contributed by atoms with Crippen LogP contribution in [0.4, 0.5) is 18.9 Å². The van der Waals surface area contributed by atoms with Crippen LogP contribution in [0.5, 0.6) is 11.5 Å². The molecule has 0 radical (unpaired) electrons. The van der Waals surface area contributed by atoms with Gasteiger partial charge in [-0.25, -0.2) is 0 Å². The van der Waals surface area contributed by atoms with Crippen LogP contribution < -0.4 is 4.74 Å². The lowest BCUT2D eigenvalue weighted by atomic mass is 10.1. The number of carbonyl (C=O) groups is 1. The van der Waals surface area contributed by atoms with Crippen LogP contribution in [-0.4, -0.2) is 26.6 Å². The second kappa shape index (κ2) is 8.44. The molecule has 1 amide bonds. The molecule has 1 aliphatic rings. The van der Waals surface area contributed by atoms with E-state index in [0.29, 0.717) is 33.5 Å². The molecule has 0 aromatic heterocycles. The largest absolute Gasteiger partial charge is 0.450 e. The standard InChI is InChI=1S/C19H13F3N2O4S2/c1-2-23-17(25)16(30-18(23)29)9-11-4-3-5-13(8-11)28-15-7-6-12(19(20,21)22)10-14(15)24(26)27/h3-10H,2H2,1H3/b16-9-. The van der Waals surface area contributed by atoms with Crippen molar-refractivity contribution in [1.29, 1.82) is 0 Å². The Morgan fingerprint density at radius 1 is 1.27 bits per heavy atom. The van der Waals surface area contributed by atoms with Gasteiger partial charge in [0, 0.05) is 12.6 Å². The number of benzene rings is 2. The predicted octanol–water partition coefficient (Wildman–Crippen LogP) is 5.63. The first-order valence-electron chi connectivity index (χ1n) is 8.49. The average Bonchev–Trinajstić information content (AvgIpc) is 2.93. The Morgan fingerprint density at radius 3 is 2.60 bits per heavy atom. The highest BCUT2D eigenvalue weighted by Crippen LogP contribution is 2.38. The van der Waals surface area contributed by atoms with Crippen LogP contribution in [-0.2, 0) is 11.0 Å². The van der Waals surface area contributed by atoms with Crippen LogP contribution in [0.1, 0.15) is 18.1 Å². The average molecular weight is 454 g/mol. The highest BCUT2D eigenvalue weighted by atomic mass is 32.2. The second-order valence-electron chi connectivity index (χ2n) is 6.04. The van der Waals surface area contributed by atoms with Crippen LogP contribution in [0, 0.1) is 10.1 Å². The Kier molecular flexibility index (Phi) is 6.13. The van der Waals surface area contributed by atoms with Gasteiger partial charge in [0.2, 0.25) is 5.75 Å². The molecule has 1 aliphatic heterocycles. The number of thiocarbonyl (C=S) groups is 1. The number of nitrogens with zero attached hydrogens (tertiary/aromatic N) is 2. The number of nitro benzene ring substituents is 1. The van der Waals surface area contributed by atoms with E-state index in [0.717, 1.165) is 17.8 Å². The molecule has 0 unspecified atom stereocenters. The molecule has 0 atom stereocenters. The Labute approximate surface area is 178 Å². The first kappa shape index (κ1) is 21.8. The number of carbonyl (C=O) groups excluding carboxylic acids is 1. The number of thioether (sulfide) groups is 1. The number of likely N-dealkylation sites (N-methyl/N-ethyl adjacent to an activating group) is 1. The maximum atomic E-state index is 12.8. The summed E-state index contributed by atoms with van der Waals surface area (Å²) in [5.74, 6) is -0.391. The molecule has 0 N–H and O–H groups in total. The van der Waals surface area contributed by atoms with Gasteiger partial charge in [0.05, 0.1) is 15.4 Å². The number of alkyl halides is 3. The molecule has 2 aromatic rings. The summed E-state index contributed by atoms with van der Waals surface area (Å²) in [7, 11) is 0. The Hall–Kier alpha value is -2.92. The van der Waals surface area contributed by atoms with E-state index in [4.69, 9.17) is 17.0 Å². The molecular formula is C19H13F3N2O4S2. The third-order valence-corrected chi connectivity index (χ3v) is 5.43. The van der Waals surface area contributed by atoms with Gasteiger partial charge in [-0.05, 0) is 42.8 Å². The van der Waals surface area contributed by atoms with E-state index in [9.17, 15) is 28.1 Å². The number of amides is 1. The zero-order valence-corrected chi connectivity index (χ0v) is 16.9. The molecule has 3 rings (SSSR count). The molecule has 1 saturated heterocycles. The van der Waals surface area contributed by atoms with Crippen molar-refractivity contribution in [3.63, 3.8) is 0 Å². The summed E-state index contributed by atoms with van der Waals surface area (Å²) in [5, 5.41) is 11.2. The van der Waals surface area contributed by atoms with Gasteiger partial charge in [-0.1, -0.05) is 36.1 Å². The molecule has 0 saturated carbocycles. The lowest BCUT2D eigenvalue weighted by Gasteiger charge is -2.10. The smallest absolute Gasteiger partial charge is 0.416 e. The number of halogens is 3. The molecular weight excluding hydrogens is 441 g/mol. The van der Waals surface area contributed by atoms with Gasteiger partial charge in [-0.15, -0.1) is 0 Å². The van der Waals surface area contributed by atoms with E-state index in [-0.39, 0.29) is 17.4 Å². The van der Waals surface area contributed by atoms with Gasteiger partial charge in [0.15, 0.2) is 0 Å². The fourth-order valence-corrected chi connectivity index (χ4v) is 4.03. The minimum atomic E-state index is -4.71. The van der Waals surface area contributed by atoms with Gasteiger partial charge in [0.1, 0.15) is 10.1 Å². The fourth-order valence-electron chi connectivity index (χ4n) is 2.64. The Morgan fingerprint density at radius 2 is 2.00 bits per heavy atom. The molecule has 11 heteroatoms. The van der Waals surface area contributed by atoms with Gasteiger partial charge in [0.25, 0.3) is 5.91 Å². The summed E-state index contributed by atoms with van der Waals surface area (Å²) in [6, 6.07) is 8.33. The van der Waals surface area contributed by atoms with Crippen molar-refractivity contribution in [2.75, 3.05) is 6.54 Å². The Bertz CT molecular complexity index is 1070. The van der Waals surface area contributed by atoms with Crippen LogP contribution in [0.25, 0.3) is 6.08 Å². The van der Waals surface area contributed by atoms with Crippen molar-refractivity contribution in [2.45, 2.75) is 13.1 Å². The normalized spacial score (nSPS) is 15.7. The quantitative estimate of drug-likeness (QED) is 0.252. The number of nitro groups is 1. The molecule has 0 bridgehead atoms. The summed E-state index contributed by atoms with van der Waals surface area (Å²) < 4.78 is 44.4. The third kappa shape index (κ3) is 4.62. The molecule has 1 heterocycles. The second-order valence-corrected chi connectivity index (χ2v) is 7.71. The van der Waals surface area contributed by atoms with Crippen LogP contribution >= 0.6 is 24.0 Å². The van der Waals surface area contributed by atoms with E-state index in [2.05, 4.69) is 0 Å². The molecule has 0 spiro atoms.